The first-order valence-electron chi connectivity index (χ1n) is 15.8. The molecule has 10 rings (SSSR count). The topological polar surface area (TPSA) is 46.8 Å². The van der Waals surface area contributed by atoms with Gasteiger partial charge in [0.25, 0.3) is 0 Å². The highest BCUT2D eigenvalue weighted by Gasteiger charge is 2.23. The molecular weight excluding hydrogens is 574 g/mol. The Morgan fingerprint density at radius 2 is 1.02 bits per heavy atom. The van der Waals surface area contributed by atoms with E-state index < -0.39 is 0 Å². The average molecular weight is 600 g/mol. The van der Waals surface area contributed by atoms with Crippen LogP contribution in [-0.4, -0.2) is 9.13 Å². The lowest BCUT2D eigenvalue weighted by Gasteiger charge is -2.19. The number of nitrogens with zero attached hydrogens (tertiary/aromatic N) is 3. The van der Waals surface area contributed by atoms with Gasteiger partial charge in [0.1, 0.15) is 11.2 Å². The molecule has 218 valence electrons. The summed E-state index contributed by atoms with van der Waals surface area (Å²) in [5.74, 6) is 0. The minimum absolute atomic E-state index is 0.612. The summed E-state index contributed by atoms with van der Waals surface area (Å²) in [5, 5.41) is 17.1. The van der Waals surface area contributed by atoms with Crippen LogP contribution in [0.25, 0.3) is 88.1 Å². The number of benzene rings is 7. The second kappa shape index (κ2) is 9.71. The first kappa shape index (κ1) is 25.7. The van der Waals surface area contributed by atoms with E-state index in [0.29, 0.717) is 5.56 Å². The van der Waals surface area contributed by atoms with Crippen molar-refractivity contribution in [2.75, 3.05) is 0 Å². The van der Waals surface area contributed by atoms with E-state index in [1.165, 1.54) is 16.2 Å². The van der Waals surface area contributed by atoms with Gasteiger partial charge >= 0.3 is 0 Å². The third-order valence-electron chi connectivity index (χ3n) is 9.56. The molecule has 3 aromatic heterocycles. The first-order chi connectivity index (χ1) is 23.3. The van der Waals surface area contributed by atoms with Gasteiger partial charge in [0, 0.05) is 38.1 Å². The summed E-state index contributed by atoms with van der Waals surface area (Å²) in [4.78, 5) is 0. The summed E-state index contributed by atoms with van der Waals surface area (Å²) in [6.45, 7) is 0. The molecule has 0 radical (unpaired) electrons. The Hall–Kier alpha value is -6.57. The van der Waals surface area contributed by atoms with E-state index in [4.69, 9.17) is 4.42 Å². The Kier molecular flexibility index (Phi) is 5.32. The summed E-state index contributed by atoms with van der Waals surface area (Å²) < 4.78 is 11.1. The highest BCUT2D eigenvalue weighted by Crippen LogP contribution is 2.44. The van der Waals surface area contributed by atoms with Crippen LogP contribution in [-0.2, 0) is 0 Å². The lowest BCUT2D eigenvalue weighted by atomic mass is 9.98. The number of nitriles is 1. The Bertz CT molecular complexity index is 2880. The van der Waals surface area contributed by atoms with Crippen molar-refractivity contribution < 1.29 is 4.42 Å². The standard InChI is InChI=1S/C43H25N3O/c44-26-27-21-23-39(46-38-19-9-3-13-30(38)32-22-24-41-42(43(32)46)33-15-5-10-20-40(33)47-41)34(25-27)31-14-4-8-18-37(31)45-35-16-6-1-11-28(35)29-12-2-7-17-36(29)45/h1-25H. The molecule has 47 heavy (non-hydrogen) atoms. The van der Waals surface area contributed by atoms with Crippen molar-refractivity contribution in [1.29, 1.82) is 5.26 Å². The SMILES string of the molecule is N#Cc1ccc(-n2c3ccccc3c3ccc4oc5ccccc5c4c32)c(-c2ccccc2-n2c3ccccc3c3ccccc32)c1. The largest absolute Gasteiger partial charge is 0.456 e. The summed E-state index contributed by atoms with van der Waals surface area (Å²) in [6, 6.07) is 55.3. The molecule has 0 amide bonds. The highest BCUT2D eigenvalue weighted by molar-refractivity contribution is 6.24. The predicted octanol–water partition coefficient (Wildman–Crippen LogP) is 11.3. The second-order valence-electron chi connectivity index (χ2n) is 12.0. The molecule has 4 heteroatoms. The summed E-state index contributed by atoms with van der Waals surface area (Å²) in [5.41, 5.74) is 10.9. The number of hydrogen-bond donors (Lipinski definition) is 0. The van der Waals surface area contributed by atoms with Crippen LogP contribution >= 0.6 is 0 Å². The van der Waals surface area contributed by atoms with Crippen molar-refractivity contribution in [3.63, 3.8) is 0 Å². The highest BCUT2D eigenvalue weighted by atomic mass is 16.3. The van der Waals surface area contributed by atoms with Gasteiger partial charge in [-0.3, -0.25) is 0 Å². The van der Waals surface area contributed by atoms with Crippen LogP contribution in [0.4, 0.5) is 0 Å². The zero-order valence-electron chi connectivity index (χ0n) is 25.2. The van der Waals surface area contributed by atoms with Gasteiger partial charge in [-0.1, -0.05) is 91.0 Å². The predicted molar refractivity (Wildman–Crippen MR) is 193 cm³/mol. The fourth-order valence-electron chi connectivity index (χ4n) is 7.61. The molecule has 0 N–H and O–H groups in total. The minimum Gasteiger partial charge on any atom is -0.456 e. The molecule has 3 heterocycles. The zero-order valence-corrected chi connectivity index (χ0v) is 25.2. The maximum Gasteiger partial charge on any atom is 0.137 e. The van der Waals surface area contributed by atoms with Crippen LogP contribution in [0.15, 0.2) is 156 Å². The first-order valence-corrected chi connectivity index (χ1v) is 15.8. The Labute approximate surface area is 269 Å². The number of aromatic nitrogens is 2. The van der Waals surface area contributed by atoms with Crippen molar-refractivity contribution in [2.24, 2.45) is 0 Å². The maximum absolute atomic E-state index is 10.2. The fraction of sp³-hybridized carbons (Fsp3) is 0. The molecule has 0 atom stereocenters. The summed E-state index contributed by atoms with van der Waals surface area (Å²) >= 11 is 0. The Morgan fingerprint density at radius 3 is 1.74 bits per heavy atom. The third kappa shape index (κ3) is 3.57. The molecule has 0 unspecified atom stereocenters. The van der Waals surface area contributed by atoms with E-state index in [9.17, 15) is 5.26 Å². The van der Waals surface area contributed by atoms with Gasteiger partial charge in [0.2, 0.25) is 0 Å². The molecule has 0 fully saturated rings. The fourth-order valence-corrected chi connectivity index (χ4v) is 7.61. The molecule has 7 aromatic carbocycles. The second-order valence-corrected chi connectivity index (χ2v) is 12.0. The molecule has 0 bridgehead atoms. The lowest BCUT2D eigenvalue weighted by molar-refractivity contribution is 0.669. The van der Waals surface area contributed by atoms with Crippen LogP contribution in [0.2, 0.25) is 0 Å². The van der Waals surface area contributed by atoms with Gasteiger partial charge in [-0.15, -0.1) is 0 Å². The summed E-state index contributed by atoms with van der Waals surface area (Å²) in [6.07, 6.45) is 0. The van der Waals surface area contributed by atoms with Crippen molar-refractivity contribution in [3.8, 4) is 28.6 Å². The number of rotatable bonds is 3. The van der Waals surface area contributed by atoms with Crippen LogP contribution in [0.1, 0.15) is 5.56 Å². The van der Waals surface area contributed by atoms with Gasteiger partial charge < -0.3 is 13.6 Å². The molecular formula is C43H25N3O. The zero-order chi connectivity index (χ0) is 31.1. The van der Waals surface area contributed by atoms with Crippen LogP contribution in [0.5, 0.6) is 0 Å². The van der Waals surface area contributed by atoms with Crippen molar-refractivity contribution in [3.05, 3.63) is 157 Å². The number of hydrogen-bond acceptors (Lipinski definition) is 2. The third-order valence-corrected chi connectivity index (χ3v) is 9.56. The van der Waals surface area contributed by atoms with Gasteiger partial charge in [0.15, 0.2) is 0 Å². The molecule has 0 aliphatic rings. The quantitative estimate of drug-likeness (QED) is 0.203. The molecule has 10 aromatic rings. The molecule has 4 nitrogen and oxygen atoms in total. The molecule has 0 saturated heterocycles. The number of fused-ring (bicyclic) bond motifs is 10. The van der Waals surface area contributed by atoms with E-state index >= 15 is 0 Å². The van der Waals surface area contributed by atoms with Gasteiger partial charge in [-0.25, -0.2) is 0 Å². The Morgan fingerprint density at radius 1 is 0.447 bits per heavy atom. The average Bonchev–Trinajstić information content (AvgIpc) is 3.79. The van der Waals surface area contributed by atoms with Crippen LogP contribution in [0, 0.1) is 11.3 Å². The van der Waals surface area contributed by atoms with E-state index in [0.717, 1.165) is 71.9 Å². The van der Waals surface area contributed by atoms with Crippen LogP contribution < -0.4 is 0 Å². The molecule has 0 aliphatic heterocycles. The lowest BCUT2D eigenvalue weighted by Crippen LogP contribution is -2.02. The van der Waals surface area contributed by atoms with Gasteiger partial charge in [0.05, 0.1) is 50.5 Å². The maximum atomic E-state index is 10.2. The van der Waals surface area contributed by atoms with Crippen molar-refractivity contribution in [1.82, 2.24) is 9.13 Å². The molecule has 0 saturated carbocycles. The normalized spacial score (nSPS) is 11.8. The summed E-state index contributed by atoms with van der Waals surface area (Å²) in [7, 11) is 0. The van der Waals surface area contributed by atoms with Gasteiger partial charge in [-0.2, -0.15) is 5.26 Å². The van der Waals surface area contributed by atoms with E-state index in [1.807, 2.05) is 24.3 Å². The van der Waals surface area contributed by atoms with Crippen molar-refractivity contribution in [2.45, 2.75) is 0 Å². The van der Waals surface area contributed by atoms with Crippen molar-refractivity contribution >= 4 is 65.6 Å². The van der Waals surface area contributed by atoms with Gasteiger partial charge in [-0.05, 0) is 60.7 Å². The monoisotopic (exact) mass is 599 g/mol. The van der Waals surface area contributed by atoms with E-state index in [2.05, 4.69) is 143 Å². The molecule has 0 spiro atoms. The Balaban J connectivity index is 1.36. The number of furan rings is 1. The van der Waals surface area contributed by atoms with E-state index in [-0.39, 0.29) is 0 Å². The minimum atomic E-state index is 0.612. The van der Waals surface area contributed by atoms with E-state index in [1.54, 1.807) is 0 Å². The number of para-hydroxylation sites is 5. The smallest absolute Gasteiger partial charge is 0.137 e. The van der Waals surface area contributed by atoms with Crippen LogP contribution in [0.3, 0.4) is 0 Å². The molecule has 0 aliphatic carbocycles.